The summed E-state index contributed by atoms with van der Waals surface area (Å²) in [6.07, 6.45) is 2.85. The van der Waals surface area contributed by atoms with E-state index < -0.39 is 10.0 Å². The van der Waals surface area contributed by atoms with Crippen LogP contribution in [0.15, 0.2) is 21.7 Å². The summed E-state index contributed by atoms with van der Waals surface area (Å²) in [4.78, 5) is 13.5. The fourth-order valence-electron chi connectivity index (χ4n) is 3.63. The Hall–Kier alpha value is -1.12. The lowest BCUT2D eigenvalue weighted by molar-refractivity contribution is 0.153. The standard InChI is InChI=1S/C15H23N3O3S2/c1-16-15(19)17-7-4-12(5-8-17)13-6-9-18(11-13)23(20,21)14-3-2-10-22-14/h2-3,10,12-13H,4-9,11H2,1H3,(H,16,19). The number of amides is 2. The van der Waals surface area contributed by atoms with Gasteiger partial charge in [0.25, 0.3) is 10.0 Å². The Balaban J connectivity index is 1.58. The molecule has 0 aromatic carbocycles. The zero-order valence-corrected chi connectivity index (χ0v) is 14.9. The highest BCUT2D eigenvalue weighted by Crippen LogP contribution is 2.34. The number of likely N-dealkylation sites (tertiary alicyclic amines) is 1. The lowest BCUT2D eigenvalue weighted by Gasteiger charge is -2.34. The van der Waals surface area contributed by atoms with E-state index in [-0.39, 0.29) is 6.03 Å². The van der Waals surface area contributed by atoms with Crippen molar-refractivity contribution in [3.8, 4) is 0 Å². The van der Waals surface area contributed by atoms with Gasteiger partial charge >= 0.3 is 6.03 Å². The zero-order chi connectivity index (χ0) is 16.4. The monoisotopic (exact) mass is 357 g/mol. The predicted molar refractivity (Wildman–Crippen MR) is 89.9 cm³/mol. The van der Waals surface area contributed by atoms with Gasteiger partial charge in [-0.2, -0.15) is 4.31 Å². The summed E-state index contributed by atoms with van der Waals surface area (Å²) in [7, 11) is -1.67. The lowest BCUT2D eigenvalue weighted by Crippen LogP contribution is -2.44. The molecule has 0 bridgehead atoms. The second kappa shape index (κ2) is 6.78. The Bertz CT molecular complexity index is 637. The number of nitrogens with one attached hydrogen (secondary N) is 1. The van der Waals surface area contributed by atoms with Crippen LogP contribution in [0, 0.1) is 11.8 Å². The Kier molecular flexibility index (Phi) is 4.93. The first-order chi connectivity index (χ1) is 11.0. The highest BCUT2D eigenvalue weighted by molar-refractivity contribution is 7.91. The first kappa shape index (κ1) is 16.7. The molecule has 1 unspecified atom stereocenters. The summed E-state index contributed by atoms with van der Waals surface area (Å²) < 4.78 is 27.2. The summed E-state index contributed by atoms with van der Waals surface area (Å²) in [5, 5.41) is 4.46. The van der Waals surface area contributed by atoms with Crippen molar-refractivity contribution in [3.63, 3.8) is 0 Å². The van der Waals surface area contributed by atoms with Crippen LogP contribution in [0.1, 0.15) is 19.3 Å². The van der Waals surface area contributed by atoms with Crippen molar-refractivity contribution in [2.75, 3.05) is 33.2 Å². The predicted octanol–water partition coefficient (Wildman–Crippen LogP) is 1.81. The minimum atomic E-state index is -3.32. The van der Waals surface area contributed by atoms with Gasteiger partial charge in [0.15, 0.2) is 0 Å². The molecular weight excluding hydrogens is 334 g/mol. The van der Waals surface area contributed by atoms with Gasteiger partial charge in [-0.15, -0.1) is 11.3 Å². The molecule has 1 aromatic heterocycles. The molecule has 1 atom stereocenters. The molecule has 0 aliphatic carbocycles. The maximum Gasteiger partial charge on any atom is 0.317 e. The minimum absolute atomic E-state index is 0.0169. The number of nitrogens with zero attached hydrogens (tertiary/aromatic N) is 2. The van der Waals surface area contributed by atoms with Gasteiger partial charge in [0.2, 0.25) is 0 Å². The van der Waals surface area contributed by atoms with Crippen LogP contribution in [0.2, 0.25) is 0 Å². The van der Waals surface area contributed by atoms with Crippen LogP contribution < -0.4 is 5.32 Å². The molecular formula is C15H23N3O3S2. The zero-order valence-electron chi connectivity index (χ0n) is 13.3. The van der Waals surface area contributed by atoms with Crippen molar-refractivity contribution in [2.45, 2.75) is 23.5 Å². The molecule has 0 saturated carbocycles. The van der Waals surface area contributed by atoms with Crippen LogP contribution in [0.4, 0.5) is 4.79 Å². The third-order valence-corrected chi connectivity index (χ3v) is 8.22. The maximum atomic E-state index is 12.6. The Morgan fingerprint density at radius 3 is 2.52 bits per heavy atom. The number of piperidine rings is 1. The summed E-state index contributed by atoms with van der Waals surface area (Å²) in [6, 6.07) is 3.44. The summed E-state index contributed by atoms with van der Waals surface area (Å²) in [6.45, 7) is 2.75. The van der Waals surface area contributed by atoms with Crippen LogP contribution in [0.3, 0.4) is 0 Å². The molecule has 2 aliphatic rings. The molecule has 23 heavy (non-hydrogen) atoms. The normalized spacial score (nSPS) is 24.0. The average molecular weight is 358 g/mol. The fraction of sp³-hybridized carbons (Fsp3) is 0.667. The van der Waals surface area contributed by atoms with E-state index in [4.69, 9.17) is 0 Å². The Morgan fingerprint density at radius 1 is 1.22 bits per heavy atom. The second-order valence-corrected chi connectivity index (χ2v) is 9.34. The van der Waals surface area contributed by atoms with E-state index in [1.54, 1.807) is 28.9 Å². The van der Waals surface area contributed by atoms with Crippen LogP contribution >= 0.6 is 11.3 Å². The van der Waals surface area contributed by atoms with Crippen molar-refractivity contribution < 1.29 is 13.2 Å². The molecule has 3 rings (SSSR count). The van der Waals surface area contributed by atoms with Crippen molar-refractivity contribution in [1.82, 2.24) is 14.5 Å². The molecule has 2 fully saturated rings. The number of carbonyl (C=O) groups is 1. The van der Waals surface area contributed by atoms with Crippen LogP contribution in [-0.4, -0.2) is 56.9 Å². The molecule has 1 N–H and O–H groups in total. The second-order valence-electron chi connectivity index (χ2n) is 6.22. The minimum Gasteiger partial charge on any atom is -0.341 e. The first-order valence-electron chi connectivity index (χ1n) is 8.02. The molecule has 128 valence electrons. The van der Waals surface area contributed by atoms with E-state index in [0.717, 1.165) is 32.4 Å². The number of rotatable bonds is 3. The van der Waals surface area contributed by atoms with Gasteiger partial charge < -0.3 is 10.2 Å². The van der Waals surface area contributed by atoms with Gasteiger partial charge in [0, 0.05) is 33.2 Å². The van der Waals surface area contributed by atoms with Gasteiger partial charge in [-0.3, -0.25) is 0 Å². The topological polar surface area (TPSA) is 69.7 Å². The molecule has 6 nitrogen and oxygen atoms in total. The summed E-state index contributed by atoms with van der Waals surface area (Å²) in [5.41, 5.74) is 0. The molecule has 0 spiro atoms. The van der Waals surface area contributed by atoms with Crippen LogP contribution in [0.5, 0.6) is 0 Å². The van der Waals surface area contributed by atoms with Crippen molar-refractivity contribution >= 4 is 27.4 Å². The Labute approximate surface area is 141 Å². The number of thiophene rings is 1. The largest absolute Gasteiger partial charge is 0.341 e. The van der Waals surface area contributed by atoms with Crippen molar-refractivity contribution in [3.05, 3.63) is 17.5 Å². The maximum absolute atomic E-state index is 12.6. The molecule has 8 heteroatoms. The third kappa shape index (κ3) is 3.39. The van der Waals surface area contributed by atoms with E-state index in [1.165, 1.54) is 11.3 Å². The molecule has 0 radical (unpaired) electrons. The number of hydrogen-bond acceptors (Lipinski definition) is 4. The molecule has 3 heterocycles. The SMILES string of the molecule is CNC(=O)N1CCC(C2CCN(S(=O)(=O)c3cccs3)C2)CC1. The molecule has 2 aliphatic heterocycles. The van der Waals surface area contributed by atoms with Gasteiger partial charge in [-0.25, -0.2) is 13.2 Å². The molecule has 2 amide bonds. The van der Waals surface area contributed by atoms with Crippen molar-refractivity contribution in [1.29, 1.82) is 0 Å². The van der Waals surface area contributed by atoms with E-state index in [9.17, 15) is 13.2 Å². The number of hydrogen-bond donors (Lipinski definition) is 1. The van der Waals surface area contributed by atoms with Gasteiger partial charge in [-0.05, 0) is 42.5 Å². The highest BCUT2D eigenvalue weighted by Gasteiger charge is 2.37. The van der Waals surface area contributed by atoms with Gasteiger partial charge in [0.05, 0.1) is 0 Å². The van der Waals surface area contributed by atoms with Crippen molar-refractivity contribution in [2.24, 2.45) is 11.8 Å². The quantitative estimate of drug-likeness (QED) is 0.897. The van der Waals surface area contributed by atoms with E-state index >= 15 is 0 Å². The summed E-state index contributed by atoms with van der Waals surface area (Å²) >= 11 is 1.28. The molecule has 2 saturated heterocycles. The number of sulfonamides is 1. The van der Waals surface area contributed by atoms with Crippen LogP contribution in [0.25, 0.3) is 0 Å². The first-order valence-corrected chi connectivity index (χ1v) is 10.3. The highest BCUT2D eigenvalue weighted by atomic mass is 32.2. The number of carbonyl (C=O) groups excluding carboxylic acids is 1. The van der Waals surface area contributed by atoms with E-state index in [0.29, 0.717) is 29.1 Å². The van der Waals surface area contributed by atoms with Crippen LogP contribution in [-0.2, 0) is 10.0 Å². The Morgan fingerprint density at radius 2 is 1.91 bits per heavy atom. The lowest BCUT2D eigenvalue weighted by atomic mass is 9.84. The average Bonchev–Trinajstić information content (AvgIpc) is 3.26. The van der Waals surface area contributed by atoms with Gasteiger partial charge in [-0.1, -0.05) is 6.07 Å². The number of urea groups is 1. The summed E-state index contributed by atoms with van der Waals surface area (Å²) in [5.74, 6) is 0.927. The van der Waals surface area contributed by atoms with Gasteiger partial charge in [0.1, 0.15) is 4.21 Å². The fourth-order valence-corrected chi connectivity index (χ4v) is 6.28. The third-order valence-electron chi connectivity index (χ3n) is 4.98. The van der Waals surface area contributed by atoms with E-state index in [1.807, 2.05) is 4.90 Å². The smallest absolute Gasteiger partial charge is 0.317 e. The van der Waals surface area contributed by atoms with E-state index in [2.05, 4.69) is 5.32 Å². The molecule has 1 aromatic rings.